The van der Waals surface area contributed by atoms with Crippen LogP contribution in [0.5, 0.6) is 0 Å². The fourth-order valence-electron chi connectivity index (χ4n) is 1.05. The minimum Gasteiger partial charge on any atom is -0.411 e. The van der Waals surface area contributed by atoms with Crippen LogP contribution in [0.3, 0.4) is 0 Å². The molecule has 0 aromatic heterocycles. The summed E-state index contributed by atoms with van der Waals surface area (Å²) in [6.07, 6.45) is 3.37. The summed E-state index contributed by atoms with van der Waals surface area (Å²) in [6.45, 7) is 0. The van der Waals surface area contributed by atoms with Crippen molar-refractivity contribution in [2.75, 3.05) is 0 Å². The summed E-state index contributed by atoms with van der Waals surface area (Å²) < 4.78 is 0. The topological polar surface area (TPSA) is 49.7 Å². The Labute approximate surface area is 76.7 Å². The number of hydrogen-bond donors (Lipinski definition) is 1. The fourth-order valence-corrected chi connectivity index (χ4v) is 1.05. The minimum absolute atomic E-state index is 0.453. The summed E-state index contributed by atoms with van der Waals surface area (Å²) in [5.74, 6) is 0. The third kappa shape index (κ3) is 3.07. The second kappa shape index (κ2) is 5.09. The lowest BCUT2D eigenvalue weighted by molar-refractivity contribution is -0.107. The molecular formula is C10H11NO2. The van der Waals surface area contributed by atoms with Crippen molar-refractivity contribution in [2.45, 2.75) is 12.8 Å². The molecule has 0 aliphatic carbocycles. The van der Waals surface area contributed by atoms with Gasteiger partial charge in [0.2, 0.25) is 0 Å². The molecule has 1 aromatic carbocycles. The molecule has 0 amide bonds. The van der Waals surface area contributed by atoms with Crippen LogP contribution in [0.15, 0.2) is 29.4 Å². The first-order valence-corrected chi connectivity index (χ1v) is 4.04. The molecule has 0 spiro atoms. The molecule has 1 N–H and O–H groups in total. The molecule has 0 atom stereocenters. The van der Waals surface area contributed by atoms with E-state index in [0.717, 1.165) is 17.4 Å². The molecule has 3 heteroatoms. The Morgan fingerprint density at radius 2 is 1.69 bits per heavy atom. The van der Waals surface area contributed by atoms with Crippen molar-refractivity contribution in [3.8, 4) is 0 Å². The Morgan fingerprint density at radius 1 is 1.15 bits per heavy atom. The van der Waals surface area contributed by atoms with Gasteiger partial charge in [-0.25, -0.2) is 0 Å². The molecule has 0 saturated heterocycles. The van der Waals surface area contributed by atoms with Gasteiger partial charge in [-0.1, -0.05) is 24.3 Å². The standard InChI is InChI=1S/C10H11NO2/c12-8-6-10-3-1-9(2-4-10)5-7-11-13/h1-4,7-8,13H,5-6H2. The van der Waals surface area contributed by atoms with Crippen LogP contribution < -0.4 is 0 Å². The van der Waals surface area contributed by atoms with Crippen molar-refractivity contribution in [1.29, 1.82) is 0 Å². The van der Waals surface area contributed by atoms with E-state index in [1.54, 1.807) is 0 Å². The molecule has 13 heavy (non-hydrogen) atoms. The van der Waals surface area contributed by atoms with E-state index in [2.05, 4.69) is 5.16 Å². The van der Waals surface area contributed by atoms with E-state index in [4.69, 9.17) is 5.21 Å². The van der Waals surface area contributed by atoms with Crippen LogP contribution in [0.2, 0.25) is 0 Å². The van der Waals surface area contributed by atoms with Crippen molar-refractivity contribution < 1.29 is 10.0 Å². The Kier molecular flexibility index (Phi) is 3.70. The molecule has 1 rings (SSSR count). The van der Waals surface area contributed by atoms with Gasteiger partial charge in [0.15, 0.2) is 0 Å². The first-order valence-electron chi connectivity index (χ1n) is 4.04. The van der Waals surface area contributed by atoms with Gasteiger partial charge in [-0.2, -0.15) is 0 Å². The smallest absolute Gasteiger partial charge is 0.124 e. The number of rotatable bonds is 4. The van der Waals surface area contributed by atoms with E-state index in [0.29, 0.717) is 12.8 Å². The first kappa shape index (κ1) is 9.45. The van der Waals surface area contributed by atoms with Gasteiger partial charge in [0.1, 0.15) is 6.29 Å². The van der Waals surface area contributed by atoms with Crippen molar-refractivity contribution in [3.63, 3.8) is 0 Å². The normalized spacial score (nSPS) is 10.5. The number of carbonyl (C=O) groups is 1. The van der Waals surface area contributed by atoms with Crippen LogP contribution in [-0.4, -0.2) is 17.7 Å². The molecule has 0 aliphatic rings. The van der Waals surface area contributed by atoms with E-state index in [1.165, 1.54) is 6.21 Å². The SMILES string of the molecule is O=CCc1ccc(CC=NO)cc1. The maximum Gasteiger partial charge on any atom is 0.124 e. The largest absolute Gasteiger partial charge is 0.411 e. The van der Waals surface area contributed by atoms with E-state index in [-0.39, 0.29) is 0 Å². The summed E-state index contributed by atoms with van der Waals surface area (Å²) in [5, 5.41) is 11.1. The van der Waals surface area contributed by atoms with Gasteiger partial charge in [0, 0.05) is 19.1 Å². The lowest BCUT2D eigenvalue weighted by Crippen LogP contribution is -1.89. The van der Waals surface area contributed by atoms with E-state index < -0.39 is 0 Å². The molecule has 0 saturated carbocycles. The highest BCUT2D eigenvalue weighted by molar-refractivity contribution is 5.61. The summed E-state index contributed by atoms with van der Waals surface area (Å²) in [5.41, 5.74) is 2.06. The zero-order valence-corrected chi connectivity index (χ0v) is 7.18. The van der Waals surface area contributed by atoms with E-state index in [9.17, 15) is 4.79 Å². The van der Waals surface area contributed by atoms with Crippen LogP contribution in [0.1, 0.15) is 11.1 Å². The monoisotopic (exact) mass is 177 g/mol. The second-order valence-electron chi connectivity index (χ2n) is 2.69. The number of benzene rings is 1. The molecule has 0 heterocycles. The highest BCUT2D eigenvalue weighted by Crippen LogP contribution is 2.04. The van der Waals surface area contributed by atoms with Crippen molar-refractivity contribution in [2.24, 2.45) is 5.16 Å². The van der Waals surface area contributed by atoms with Crippen LogP contribution in [0.4, 0.5) is 0 Å². The molecule has 0 radical (unpaired) electrons. The zero-order chi connectivity index (χ0) is 9.52. The number of oxime groups is 1. The van der Waals surface area contributed by atoms with Crippen molar-refractivity contribution in [3.05, 3.63) is 35.4 Å². The maximum atomic E-state index is 10.2. The van der Waals surface area contributed by atoms with Gasteiger partial charge in [-0.05, 0) is 11.1 Å². The van der Waals surface area contributed by atoms with Gasteiger partial charge in [-0.15, -0.1) is 5.16 Å². The Balaban J connectivity index is 2.63. The summed E-state index contributed by atoms with van der Waals surface area (Å²) >= 11 is 0. The third-order valence-electron chi connectivity index (χ3n) is 1.75. The fraction of sp³-hybridized carbons (Fsp3) is 0.200. The van der Waals surface area contributed by atoms with Crippen LogP contribution in [0, 0.1) is 0 Å². The average molecular weight is 177 g/mol. The second-order valence-corrected chi connectivity index (χ2v) is 2.69. The molecule has 0 unspecified atom stereocenters. The summed E-state index contributed by atoms with van der Waals surface area (Å²) in [6, 6.07) is 7.63. The van der Waals surface area contributed by atoms with E-state index in [1.807, 2.05) is 24.3 Å². The highest BCUT2D eigenvalue weighted by atomic mass is 16.4. The molecule has 0 fully saturated rings. The molecule has 1 aromatic rings. The Hall–Kier alpha value is -1.64. The van der Waals surface area contributed by atoms with E-state index >= 15 is 0 Å². The van der Waals surface area contributed by atoms with Crippen LogP contribution in [0.25, 0.3) is 0 Å². The van der Waals surface area contributed by atoms with Gasteiger partial charge in [0.05, 0.1) is 0 Å². The third-order valence-corrected chi connectivity index (χ3v) is 1.75. The molecule has 0 aliphatic heterocycles. The van der Waals surface area contributed by atoms with Crippen LogP contribution >= 0.6 is 0 Å². The zero-order valence-electron chi connectivity index (χ0n) is 7.18. The quantitative estimate of drug-likeness (QED) is 0.327. The first-order chi connectivity index (χ1) is 6.36. The van der Waals surface area contributed by atoms with Gasteiger partial charge < -0.3 is 10.0 Å². The van der Waals surface area contributed by atoms with Crippen molar-refractivity contribution >= 4 is 12.5 Å². The number of hydrogen-bond acceptors (Lipinski definition) is 3. The lowest BCUT2D eigenvalue weighted by Gasteiger charge is -1.97. The molecule has 3 nitrogen and oxygen atoms in total. The lowest BCUT2D eigenvalue weighted by atomic mass is 10.1. The summed E-state index contributed by atoms with van der Waals surface area (Å²) in [4.78, 5) is 10.2. The molecule has 68 valence electrons. The maximum absolute atomic E-state index is 10.2. The number of aldehydes is 1. The average Bonchev–Trinajstić information content (AvgIpc) is 2.17. The van der Waals surface area contributed by atoms with Crippen LogP contribution in [-0.2, 0) is 17.6 Å². The van der Waals surface area contributed by atoms with Gasteiger partial charge in [0.25, 0.3) is 0 Å². The predicted octanol–water partition coefficient (Wildman–Crippen LogP) is 1.43. The Morgan fingerprint density at radius 3 is 2.15 bits per heavy atom. The van der Waals surface area contributed by atoms with Gasteiger partial charge >= 0.3 is 0 Å². The highest BCUT2D eigenvalue weighted by Gasteiger charge is 1.92. The Bertz CT molecular complexity index is 290. The number of nitrogens with zero attached hydrogens (tertiary/aromatic N) is 1. The number of carbonyl (C=O) groups excluding carboxylic acids is 1. The minimum atomic E-state index is 0.453. The molecular weight excluding hydrogens is 166 g/mol. The van der Waals surface area contributed by atoms with Crippen molar-refractivity contribution in [1.82, 2.24) is 0 Å². The summed E-state index contributed by atoms with van der Waals surface area (Å²) in [7, 11) is 0. The predicted molar refractivity (Wildman–Crippen MR) is 50.2 cm³/mol. The van der Waals surface area contributed by atoms with Gasteiger partial charge in [-0.3, -0.25) is 0 Å². The molecule has 0 bridgehead atoms.